The van der Waals surface area contributed by atoms with Crippen molar-refractivity contribution in [3.63, 3.8) is 0 Å². The molecule has 4 nitrogen and oxygen atoms in total. The van der Waals surface area contributed by atoms with E-state index in [1.54, 1.807) is 6.07 Å². The first-order valence-corrected chi connectivity index (χ1v) is 5.14. The Bertz CT molecular complexity index is 387. The van der Waals surface area contributed by atoms with Crippen molar-refractivity contribution < 1.29 is 14.3 Å². The summed E-state index contributed by atoms with van der Waals surface area (Å²) in [5.74, 6) is -0.636. The monoisotopic (exact) mass is 259 g/mol. The third kappa shape index (κ3) is 1.27. The van der Waals surface area contributed by atoms with Gasteiger partial charge in [-0.3, -0.25) is 0 Å². The van der Waals surface area contributed by atoms with Crippen LogP contribution in [0.25, 0.3) is 0 Å². The minimum absolute atomic E-state index is 0.392. The molecule has 1 aromatic rings. The highest BCUT2D eigenvalue weighted by molar-refractivity contribution is 9.10. The molecule has 0 amide bonds. The predicted molar refractivity (Wildman–Crippen MR) is 52.8 cm³/mol. The molecule has 0 saturated heterocycles. The number of aryl methyl sites for hydroxylation is 1. The summed E-state index contributed by atoms with van der Waals surface area (Å²) < 4.78 is 5.84. The van der Waals surface area contributed by atoms with Crippen LogP contribution in [0.1, 0.15) is 24.2 Å². The van der Waals surface area contributed by atoms with Crippen molar-refractivity contribution in [2.24, 2.45) is 5.73 Å². The first kappa shape index (κ1) is 9.73. The lowest BCUT2D eigenvalue weighted by Crippen LogP contribution is -2.46. The van der Waals surface area contributed by atoms with Crippen LogP contribution in [0.5, 0.6) is 0 Å². The molecule has 1 aromatic heterocycles. The van der Waals surface area contributed by atoms with Crippen LogP contribution in [0.15, 0.2) is 15.2 Å². The Hall–Kier alpha value is -0.810. The van der Waals surface area contributed by atoms with Gasteiger partial charge in [-0.1, -0.05) is 0 Å². The third-order valence-corrected chi connectivity index (χ3v) is 2.97. The maximum absolute atomic E-state index is 11.0. The molecule has 0 spiro atoms. The van der Waals surface area contributed by atoms with Crippen LogP contribution >= 0.6 is 15.9 Å². The maximum Gasteiger partial charge on any atom is 0.331 e. The molecule has 1 aliphatic carbocycles. The summed E-state index contributed by atoms with van der Waals surface area (Å²) in [6.45, 7) is 0. The number of rotatable bonds is 1. The highest BCUT2D eigenvalue weighted by atomic mass is 79.9. The van der Waals surface area contributed by atoms with Gasteiger partial charge in [-0.25, -0.2) is 4.79 Å². The van der Waals surface area contributed by atoms with Gasteiger partial charge in [-0.2, -0.15) is 0 Å². The number of halogens is 1. The van der Waals surface area contributed by atoms with Crippen LogP contribution < -0.4 is 5.73 Å². The van der Waals surface area contributed by atoms with Gasteiger partial charge in [0.05, 0.1) is 0 Å². The number of aliphatic carboxylic acids is 1. The number of fused-ring (bicyclic) bond motifs is 1. The van der Waals surface area contributed by atoms with Crippen molar-refractivity contribution in [2.45, 2.75) is 24.8 Å². The zero-order valence-corrected chi connectivity index (χ0v) is 9.00. The number of hydrogen-bond acceptors (Lipinski definition) is 3. The lowest BCUT2D eigenvalue weighted by molar-refractivity contribution is -0.145. The highest BCUT2D eigenvalue weighted by Gasteiger charge is 2.43. The summed E-state index contributed by atoms with van der Waals surface area (Å²) >= 11 is 3.18. The van der Waals surface area contributed by atoms with Gasteiger partial charge in [-0.15, -0.1) is 0 Å². The predicted octanol–water partition coefficient (Wildman–Crippen LogP) is 1.62. The van der Waals surface area contributed by atoms with E-state index >= 15 is 0 Å². The first-order chi connectivity index (χ1) is 6.54. The number of furan rings is 1. The van der Waals surface area contributed by atoms with Gasteiger partial charge in [0.15, 0.2) is 10.2 Å². The van der Waals surface area contributed by atoms with E-state index in [0.29, 0.717) is 16.9 Å². The number of hydrogen-bond donors (Lipinski definition) is 2. The number of carboxylic acid groups (broad SMARTS) is 1. The largest absolute Gasteiger partial charge is 0.480 e. The lowest BCUT2D eigenvalue weighted by Gasteiger charge is -2.27. The van der Waals surface area contributed by atoms with Crippen LogP contribution in [0.4, 0.5) is 0 Å². The van der Waals surface area contributed by atoms with E-state index in [-0.39, 0.29) is 0 Å². The maximum atomic E-state index is 11.0. The second-order valence-corrected chi connectivity index (χ2v) is 4.32. The molecule has 1 atom stereocenters. The topological polar surface area (TPSA) is 76.5 Å². The molecule has 14 heavy (non-hydrogen) atoms. The van der Waals surface area contributed by atoms with Crippen LogP contribution in [0.3, 0.4) is 0 Å². The summed E-state index contributed by atoms with van der Waals surface area (Å²) in [4.78, 5) is 11.0. The minimum atomic E-state index is -1.35. The Morgan fingerprint density at radius 1 is 1.71 bits per heavy atom. The second-order valence-electron chi connectivity index (χ2n) is 3.53. The molecule has 2 rings (SSSR count). The fraction of sp³-hybridized carbons (Fsp3) is 0.444. The molecule has 0 radical (unpaired) electrons. The summed E-state index contributed by atoms with van der Waals surface area (Å²) in [6, 6.07) is 1.79. The van der Waals surface area contributed by atoms with E-state index in [2.05, 4.69) is 15.9 Å². The summed E-state index contributed by atoms with van der Waals surface area (Å²) in [5, 5.41) is 9.05. The summed E-state index contributed by atoms with van der Waals surface area (Å²) in [5.41, 5.74) is 5.36. The first-order valence-electron chi connectivity index (χ1n) is 4.35. The van der Waals surface area contributed by atoms with Crippen molar-refractivity contribution >= 4 is 21.9 Å². The van der Waals surface area contributed by atoms with Crippen molar-refractivity contribution in [3.8, 4) is 0 Å². The smallest absolute Gasteiger partial charge is 0.331 e. The molecule has 0 fully saturated rings. The highest BCUT2D eigenvalue weighted by Crippen LogP contribution is 2.37. The molecule has 0 aromatic carbocycles. The van der Waals surface area contributed by atoms with E-state index in [4.69, 9.17) is 15.3 Å². The van der Waals surface area contributed by atoms with Crippen LogP contribution in [0.2, 0.25) is 0 Å². The number of carbonyl (C=O) groups is 1. The second kappa shape index (κ2) is 3.10. The van der Waals surface area contributed by atoms with Gasteiger partial charge in [0, 0.05) is 0 Å². The summed E-state index contributed by atoms with van der Waals surface area (Å²) in [7, 11) is 0. The van der Waals surface area contributed by atoms with Crippen molar-refractivity contribution in [1.82, 2.24) is 0 Å². The van der Waals surface area contributed by atoms with E-state index < -0.39 is 11.5 Å². The fourth-order valence-electron chi connectivity index (χ4n) is 1.83. The molecule has 0 bridgehead atoms. The Morgan fingerprint density at radius 2 is 2.43 bits per heavy atom. The van der Waals surface area contributed by atoms with Crippen LogP contribution in [-0.2, 0) is 16.8 Å². The number of carboxylic acids is 1. The van der Waals surface area contributed by atoms with E-state index in [1.165, 1.54) is 0 Å². The van der Waals surface area contributed by atoms with Crippen molar-refractivity contribution in [2.75, 3.05) is 0 Å². The normalized spacial score (nSPS) is 25.9. The molecule has 5 heteroatoms. The number of nitrogens with two attached hydrogens (primary N) is 1. The SMILES string of the molecule is NC1(C(=O)O)CCCc2cc(Br)oc21. The van der Waals surface area contributed by atoms with Gasteiger partial charge in [0.25, 0.3) is 0 Å². The average molecular weight is 260 g/mol. The van der Waals surface area contributed by atoms with Gasteiger partial charge in [-0.05, 0) is 46.8 Å². The fourth-order valence-corrected chi connectivity index (χ4v) is 2.27. The van der Waals surface area contributed by atoms with E-state index in [1.807, 2.05) is 0 Å². The zero-order chi connectivity index (χ0) is 10.3. The van der Waals surface area contributed by atoms with Gasteiger partial charge < -0.3 is 15.3 Å². The summed E-state index contributed by atoms with van der Waals surface area (Å²) in [6.07, 6.45) is 2.04. The molecular weight excluding hydrogens is 250 g/mol. The van der Waals surface area contributed by atoms with Crippen molar-refractivity contribution in [3.05, 3.63) is 22.1 Å². The lowest BCUT2D eigenvalue weighted by atomic mass is 9.82. The molecule has 1 aliphatic rings. The molecule has 0 saturated carbocycles. The molecule has 1 heterocycles. The van der Waals surface area contributed by atoms with E-state index in [0.717, 1.165) is 18.4 Å². The third-order valence-electron chi connectivity index (χ3n) is 2.58. The quantitative estimate of drug-likeness (QED) is 0.804. The standard InChI is InChI=1S/C9H10BrNO3/c10-6-4-5-2-1-3-9(11,8(12)13)7(5)14-6/h4H,1-3,11H2,(H,12,13). The molecule has 1 unspecified atom stereocenters. The Balaban J connectivity index is 2.54. The van der Waals surface area contributed by atoms with Gasteiger partial charge in [0.1, 0.15) is 5.76 Å². The Labute approximate surface area is 89.2 Å². The Kier molecular flexibility index (Phi) is 2.16. The molecular formula is C9H10BrNO3. The molecule has 76 valence electrons. The zero-order valence-electron chi connectivity index (χ0n) is 7.42. The van der Waals surface area contributed by atoms with Gasteiger partial charge >= 0.3 is 5.97 Å². The van der Waals surface area contributed by atoms with Crippen LogP contribution in [-0.4, -0.2) is 11.1 Å². The van der Waals surface area contributed by atoms with Crippen LogP contribution in [0, 0.1) is 0 Å². The Morgan fingerprint density at radius 3 is 3.07 bits per heavy atom. The van der Waals surface area contributed by atoms with Crippen molar-refractivity contribution in [1.29, 1.82) is 0 Å². The minimum Gasteiger partial charge on any atom is -0.480 e. The van der Waals surface area contributed by atoms with E-state index in [9.17, 15) is 4.79 Å². The average Bonchev–Trinajstić information content (AvgIpc) is 2.47. The molecule has 0 aliphatic heterocycles. The van der Waals surface area contributed by atoms with Gasteiger partial charge in [0.2, 0.25) is 0 Å². The molecule has 3 N–H and O–H groups in total.